The monoisotopic (exact) mass is 614 g/mol. The van der Waals surface area contributed by atoms with Crippen molar-refractivity contribution in [2.45, 2.75) is 37.8 Å². The summed E-state index contributed by atoms with van der Waals surface area (Å²) in [5.41, 5.74) is 3.11. The van der Waals surface area contributed by atoms with Crippen molar-refractivity contribution in [1.82, 2.24) is 19.5 Å². The quantitative estimate of drug-likeness (QED) is 0.123. The van der Waals surface area contributed by atoms with Gasteiger partial charge in [0.15, 0.2) is 22.5 Å². The average molecular weight is 615 g/mol. The molecule has 0 N–H and O–H groups in total. The van der Waals surface area contributed by atoms with Crippen LogP contribution in [-0.4, -0.2) is 32.1 Å². The Labute approximate surface area is 256 Å². The summed E-state index contributed by atoms with van der Waals surface area (Å²) in [5, 5.41) is 0.511. The Morgan fingerprint density at radius 2 is 1.80 bits per heavy atom. The Hall–Kier alpha value is -4.61. The second-order valence-electron chi connectivity index (χ2n) is 10.2. The fraction of sp³-hybridized carbons (Fsp3) is 0.212. The maximum absolute atomic E-state index is 14.9. The van der Waals surface area contributed by atoms with E-state index in [1.54, 1.807) is 55.0 Å². The van der Waals surface area contributed by atoms with E-state index in [0.29, 0.717) is 51.3 Å². The number of pyridine rings is 2. The lowest BCUT2D eigenvalue weighted by atomic mass is 10.1. The molecule has 1 aliphatic heterocycles. The molecule has 1 aliphatic rings. The van der Waals surface area contributed by atoms with Crippen LogP contribution in [0.4, 0.5) is 8.78 Å². The lowest BCUT2D eigenvalue weighted by Crippen LogP contribution is -2.23. The van der Waals surface area contributed by atoms with E-state index in [4.69, 9.17) is 14.2 Å². The topological polar surface area (TPSA) is 88.4 Å². The summed E-state index contributed by atoms with van der Waals surface area (Å²) in [5.74, 6) is 0.636. The van der Waals surface area contributed by atoms with Crippen molar-refractivity contribution in [3.63, 3.8) is 0 Å². The van der Waals surface area contributed by atoms with Gasteiger partial charge in [-0.25, -0.2) is 18.7 Å². The molecule has 11 heteroatoms. The summed E-state index contributed by atoms with van der Waals surface area (Å²) in [4.78, 5) is 26.0. The molecule has 0 bridgehead atoms. The molecule has 6 rings (SSSR count). The zero-order valence-electron chi connectivity index (χ0n) is 23.8. The normalized spacial score (nSPS) is 12.8. The molecule has 0 fully saturated rings. The predicted molar refractivity (Wildman–Crippen MR) is 162 cm³/mol. The Bertz CT molecular complexity index is 1840. The number of halogens is 2. The van der Waals surface area contributed by atoms with Gasteiger partial charge >= 0.3 is 0 Å². The standard InChI is InChI=1S/C33H28F2N4O4S/c1-21-14-28(25-16-27(35)32(40)39(18-25)17-22-6-7-30-31(15-22)43-20-42-30)38-33(37-21)44-13-10-29(23-8-11-36-12-9-23)41-19-24-4-2-3-5-26(24)34/h2-9,11-12,14-16,18,29H,10,13,17,19-20H2,1H3. The van der Waals surface area contributed by atoms with Gasteiger partial charge in [-0.3, -0.25) is 9.78 Å². The highest BCUT2D eigenvalue weighted by Gasteiger charge is 2.17. The number of rotatable bonds is 11. The van der Waals surface area contributed by atoms with Gasteiger partial charge in [0, 0.05) is 41.2 Å². The molecule has 0 aliphatic carbocycles. The van der Waals surface area contributed by atoms with E-state index in [2.05, 4.69) is 15.0 Å². The number of aryl methyl sites for hydroxylation is 1. The molecule has 0 radical (unpaired) electrons. The van der Waals surface area contributed by atoms with Gasteiger partial charge in [-0.2, -0.15) is 0 Å². The van der Waals surface area contributed by atoms with Gasteiger partial charge in [-0.15, -0.1) is 0 Å². The zero-order chi connectivity index (χ0) is 30.5. The number of aromatic nitrogens is 4. The van der Waals surface area contributed by atoms with E-state index in [1.165, 1.54) is 28.5 Å². The third-order valence-corrected chi connectivity index (χ3v) is 7.93. The zero-order valence-corrected chi connectivity index (χ0v) is 24.6. The van der Waals surface area contributed by atoms with E-state index in [9.17, 15) is 13.6 Å². The Balaban J connectivity index is 1.17. The predicted octanol–water partition coefficient (Wildman–Crippen LogP) is 6.50. The maximum atomic E-state index is 14.9. The fourth-order valence-corrected chi connectivity index (χ4v) is 5.72. The molecule has 0 saturated heterocycles. The first-order valence-corrected chi connectivity index (χ1v) is 14.9. The number of nitrogens with zero attached hydrogens (tertiary/aromatic N) is 4. The summed E-state index contributed by atoms with van der Waals surface area (Å²) >= 11 is 1.44. The molecule has 0 amide bonds. The van der Waals surface area contributed by atoms with Crippen LogP contribution >= 0.6 is 11.8 Å². The third-order valence-electron chi connectivity index (χ3n) is 7.05. The van der Waals surface area contributed by atoms with Crippen molar-refractivity contribution < 1.29 is 23.0 Å². The smallest absolute Gasteiger partial charge is 0.286 e. The van der Waals surface area contributed by atoms with Gasteiger partial charge in [-0.05, 0) is 66.9 Å². The number of hydrogen-bond donors (Lipinski definition) is 0. The van der Waals surface area contributed by atoms with Gasteiger partial charge < -0.3 is 18.8 Å². The highest BCUT2D eigenvalue weighted by atomic mass is 32.2. The molecule has 2 aromatic carbocycles. The SMILES string of the molecule is Cc1cc(-c2cc(F)c(=O)n(Cc3ccc4c(c3)OCO4)c2)nc(SCCC(OCc2ccccc2F)c2ccncc2)n1. The molecule has 224 valence electrons. The highest BCUT2D eigenvalue weighted by Crippen LogP contribution is 2.33. The summed E-state index contributed by atoms with van der Waals surface area (Å²) in [6.07, 6.45) is 5.29. The molecule has 44 heavy (non-hydrogen) atoms. The van der Waals surface area contributed by atoms with Gasteiger partial charge in [-0.1, -0.05) is 36.0 Å². The van der Waals surface area contributed by atoms with E-state index < -0.39 is 11.4 Å². The van der Waals surface area contributed by atoms with Crippen LogP contribution in [0.5, 0.6) is 11.5 Å². The number of benzene rings is 2. The lowest BCUT2D eigenvalue weighted by molar-refractivity contribution is 0.0363. The van der Waals surface area contributed by atoms with Crippen LogP contribution in [0.3, 0.4) is 0 Å². The van der Waals surface area contributed by atoms with Crippen molar-refractivity contribution in [3.05, 3.63) is 130 Å². The Morgan fingerprint density at radius 1 is 0.977 bits per heavy atom. The molecular formula is C33H28F2N4O4S. The van der Waals surface area contributed by atoms with Crippen LogP contribution in [0.25, 0.3) is 11.3 Å². The first-order valence-electron chi connectivity index (χ1n) is 14.0. The van der Waals surface area contributed by atoms with Crippen LogP contribution in [0.15, 0.2) is 95.3 Å². The maximum Gasteiger partial charge on any atom is 0.286 e. The van der Waals surface area contributed by atoms with Crippen LogP contribution in [0, 0.1) is 18.6 Å². The van der Waals surface area contributed by atoms with Crippen molar-refractivity contribution >= 4 is 11.8 Å². The number of fused-ring (bicyclic) bond motifs is 1. The van der Waals surface area contributed by atoms with E-state index in [-0.39, 0.29) is 31.9 Å². The van der Waals surface area contributed by atoms with Crippen LogP contribution in [-0.2, 0) is 17.9 Å². The van der Waals surface area contributed by atoms with Crippen LogP contribution in [0.1, 0.15) is 34.9 Å². The van der Waals surface area contributed by atoms with Crippen molar-refractivity contribution in [1.29, 1.82) is 0 Å². The minimum atomic E-state index is -0.874. The number of thioether (sulfide) groups is 1. The van der Waals surface area contributed by atoms with E-state index in [0.717, 1.165) is 11.1 Å². The summed E-state index contributed by atoms with van der Waals surface area (Å²) < 4.78 is 47.3. The van der Waals surface area contributed by atoms with E-state index in [1.807, 2.05) is 25.1 Å². The molecule has 0 spiro atoms. The van der Waals surface area contributed by atoms with Gasteiger partial charge in [0.05, 0.1) is 24.9 Å². The largest absolute Gasteiger partial charge is 0.454 e. The number of hydrogen-bond acceptors (Lipinski definition) is 8. The second kappa shape index (κ2) is 13.4. The molecule has 1 unspecified atom stereocenters. The van der Waals surface area contributed by atoms with Crippen molar-refractivity contribution in [2.24, 2.45) is 0 Å². The third kappa shape index (κ3) is 6.95. The average Bonchev–Trinajstić information content (AvgIpc) is 3.50. The van der Waals surface area contributed by atoms with Crippen molar-refractivity contribution in [2.75, 3.05) is 12.5 Å². The minimum absolute atomic E-state index is 0.128. The minimum Gasteiger partial charge on any atom is -0.454 e. The van der Waals surface area contributed by atoms with Crippen LogP contribution < -0.4 is 15.0 Å². The van der Waals surface area contributed by atoms with Crippen molar-refractivity contribution in [3.8, 4) is 22.8 Å². The lowest BCUT2D eigenvalue weighted by Gasteiger charge is -2.18. The van der Waals surface area contributed by atoms with Gasteiger partial charge in [0.1, 0.15) is 5.82 Å². The van der Waals surface area contributed by atoms with Gasteiger partial charge in [0.2, 0.25) is 6.79 Å². The van der Waals surface area contributed by atoms with E-state index >= 15 is 0 Å². The van der Waals surface area contributed by atoms with Gasteiger partial charge in [0.25, 0.3) is 5.56 Å². The number of ether oxygens (including phenoxy) is 3. The molecular weight excluding hydrogens is 586 g/mol. The fourth-order valence-electron chi connectivity index (χ4n) is 4.83. The Kier molecular flexibility index (Phi) is 8.94. The molecule has 5 aromatic rings. The molecule has 8 nitrogen and oxygen atoms in total. The highest BCUT2D eigenvalue weighted by molar-refractivity contribution is 7.99. The molecule has 4 heterocycles. The van der Waals surface area contributed by atoms with Crippen LogP contribution in [0.2, 0.25) is 0 Å². The molecule has 0 saturated carbocycles. The molecule has 3 aromatic heterocycles. The first-order chi connectivity index (χ1) is 21.4. The summed E-state index contributed by atoms with van der Waals surface area (Å²) in [6.45, 7) is 2.25. The Morgan fingerprint density at radius 3 is 2.64 bits per heavy atom. The summed E-state index contributed by atoms with van der Waals surface area (Å²) in [7, 11) is 0. The first kappa shape index (κ1) is 29.5. The molecule has 1 atom stereocenters. The second-order valence-corrected chi connectivity index (χ2v) is 11.2. The summed E-state index contributed by atoms with van der Waals surface area (Å²) in [6, 6.07) is 18.6.